The molecule has 0 saturated heterocycles. The molecule has 2 aromatic heterocycles. The maximum absolute atomic E-state index is 11.1. The summed E-state index contributed by atoms with van der Waals surface area (Å²) in [5, 5.41) is 10.1. The van der Waals surface area contributed by atoms with Crippen LogP contribution in [0.5, 0.6) is 5.75 Å². The number of hydrogen-bond donors (Lipinski definition) is 1. The van der Waals surface area contributed by atoms with Crippen molar-refractivity contribution in [2.45, 2.75) is 6.61 Å². The highest BCUT2D eigenvalue weighted by Crippen LogP contribution is 2.19. The summed E-state index contributed by atoms with van der Waals surface area (Å²) in [4.78, 5) is 19.2. The minimum absolute atomic E-state index is 0.104. The number of nitrogens with zero attached hydrogens (tertiary/aromatic N) is 2. The fourth-order valence-corrected chi connectivity index (χ4v) is 2.05. The van der Waals surface area contributed by atoms with Crippen LogP contribution in [0.1, 0.15) is 15.9 Å². The summed E-state index contributed by atoms with van der Waals surface area (Å²) < 4.78 is 5.57. The Labute approximate surface area is 120 Å². The number of hydrogen-bond acceptors (Lipinski definition) is 4. The van der Waals surface area contributed by atoms with Crippen molar-refractivity contribution in [2.24, 2.45) is 0 Å². The molecular formula is C16H12N2O3. The van der Waals surface area contributed by atoms with Crippen molar-refractivity contribution in [3.8, 4) is 5.75 Å². The Balaban J connectivity index is 1.82. The number of aromatic carboxylic acids is 1. The van der Waals surface area contributed by atoms with Gasteiger partial charge in [0.05, 0.1) is 11.7 Å². The van der Waals surface area contributed by atoms with Gasteiger partial charge in [0.25, 0.3) is 0 Å². The zero-order valence-corrected chi connectivity index (χ0v) is 11.1. The Morgan fingerprint density at radius 3 is 2.95 bits per heavy atom. The first-order valence-electron chi connectivity index (χ1n) is 6.38. The molecule has 0 unspecified atom stereocenters. The van der Waals surface area contributed by atoms with Crippen LogP contribution in [0, 0.1) is 0 Å². The molecule has 0 bridgehead atoms. The average molecular weight is 280 g/mol. The SMILES string of the molecule is O=C(O)c1ccncc1OCc1ccc2ncccc2c1. The van der Waals surface area contributed by atoms with Crippen LogP contribution in [-0.2, 0) is 6.61 Å². The number of aromatic nitrogens is 2. The monoisotopic (exact) mass is 280 g/mol. The van der Waals surface area contributed by atoms with Crippen LogP contribution < -0.4 is 4.74 Å². The first-order chi connectivity index (χ1) is 10.2. The van der Waals surface area contributed by atoms with Crippen molar-refractivity contribution in [1.82, 2.24) is 9.97 Å². The highest BCUT2D eigenvalue weighted by Gasteiger charge is 2.10. The van der Waals surface area contributed by atoms with Crippen LogP contribution in [0.25, 0.3) is 10.9 Å². The molecule has 5 nitrogen and oxygen atoms in total. The molecular weight excluding hydrogens is 268 g/mol. The molecule has 0 saturated carbocycles. The third-order valence-corrected chi connectivity index (χ3v) is 3.08. The molecule has 0 amide bonds. The minimum atomic E-state index is -1.03. The van der Waals surface area contributed by atoms with Gasteiger partial charge in [0.1, 0.15) is 12.2 Å². The van der Waals surface area contributed by atoms with Gasteiger partial charge in [-0.15, -0.1) is 0 Å². The van der Waals surface area contributed by atoms with Gasteiger partial charge >= 0.3 is 5.97 Å². The number of benzene rings is 1. The van der Waals surface area contributed by atoms with E-state index in [2.05, 4.69) is 9.97 Å². The second-order valence-electron chi connectivity index (χ2n) is 4.50. The zero-order valence-electron chi connectivity index (χ0n) is 11.1. The molecule has 3 aromatic rings. The predicted molar refractivity (Wildman–Crippen MR) is 77.3 cm³/mol. The van der Waals surface area contributed by atoms with Crippen molar-refractivity contribution in [3.05, 3.63) is 66.1 Å². The van der Waals surface area contributed by atoms with Gasteiger partial charge in [-0.2, -0.15) is 0 Å². The number of carboxylic acid groups (broad SMARTS) is 1. The van der Waals surface area contributed by atoms with E-state index in [0.29, 0.717) is 0 Å². The summed E-state index contributed by atoms with van der Waals surface area (Å²) in [5.74, 6) is -0.772. The minimum Gasteiger partial charge on any atom is -0.486 e. The lowest BCUT2D eigenvalue weighted by Gasteiger charge is -2.09. The number of carbonyl (C=O) groups is 1. The van der Waals surface area contributed by atoms with E-state index < -0.39 is 5.97 Å². The summed E-state index contributed by atoms with van der Waals surface area (Å²) in [6.45, 7) is 0.275. The van der Waals surface area contributed by atoms with E-state index in [1.807, 2.05) is 30.3 Å². The third-order valence-electron chi connectivity index (χ3n) is 3.08. The van der Waals surface area contributed by atoms with Crippen molar-refractivity contribution >= 4 is 16.9 Å². The Morgan fingerprint density at radius 1 is 1.19 bits per heavy atom. The van der Waals surface area contributed by atoms with Gasteiger partial charge in [-0.25, -0.2) is 4.79 Å². The zero-order chi connectivity index (χ0) is 14.7. The van der Waals surface area contributed by atoms with Gasteiger partial charge in [-0.05, 0) is 29.8 Å². The van der Waals surface area contributed by atoms with E-state index in [-0.39, 0.29) is 17.9 Å². The van der Waals surface area contributed by atoms with Crippen molar-refractivity contribution in [2.75, 3.05) is 0 Å². The van der Waals surface area contributed by atoms with E-state index in [1.54, 1.807) is 6.20 Å². The van der Waals surface area contributed by atoms with Crippen molar-refractivity contribution in [1.29, 1.82) is 0 Å². The predicted octanol–water partition coefficient (Wildman–Crippen LogP) is 2.91. The average Bonchev–Trinajstić information content (AvgIpc) is 2.53. The standard InChI is InChI=1S/C16H12N2O3/c19-16(20)13-5-7-17-9-15(13)21-10-11-3-4-14-12(8-11)2-1-6-18-14/h1-9H,10H2,(H,19,20). The smallest absolute Gasteiger partial charge is 0.339 e. The molecule has 5 heteroatoms. The lowest BCUT2D eigenvalue weighted by Crippen LogP contribution is -2.03. The number of rotatable bonds is 4. The molecule has 0 atom stereocenters. The highest BCUT2D eigenvalue weighted by atomic mass is 16.5. The van der Waals surface area contributed by atoms with Gasteiger partial charge in [0.15, 0.2) is 5.75 Å². The lowest BCUT2D eigenvalue weighted by molar-refractivity contribution is 0.0691. The van der Waals surface area contributed by atoms with E-state index in [9.17, 15) is 4.79 Å². The summed E-state index contributed by atoms with van der Waals surface area (Å²) in [6, 6.07) is 11.1. The molecule has 1 N–H and O–H groups in total. The Morgan fingerprint density at radius 2 is 2.10 bits per heavy atom. The second kappa shape index (κ2) is 5.58. The highest BCUT2D eigenvalue weighted by molar-refractivity contribution is 5.90. The van der Waals surface area contributed by atoms with Crippen LogP contribution in [0.2, 0.25) is 0 Å². The Bertz CT molecular complexity index is 802. The topological polar surface area (TPSA) is 72.3 Å². The summed E-state index contributed by atoms with van der Waals surface area (Å²) in [7, 11) is 0. The summed E-state index contributed by atoms with van der Waals surface area (Å²) >= 11 is 0. The number of carboxylic acids is 1. The molecule has 21 heavy (non-hydrogen) atoms. The van der Waals surface area contributed by atoms with E-state index in [0.717, 1.165) is 16.5 Å². The molecule has 1 aromatic carbocycles. The van der Waals surface area contributed by atoms with Gasteiger partial charge in [-0.3, -0.25) is 9.97 Å². The summed E-state index contributed by atoms with van der Waals surface area (Å²) in [5.41, 5.74) is 1.96. The van der Waals surface area contributed by atoms with Gasteiger partial charge < -0.3 is 9.84 Å². The van der Waals surface area contributed by atoms with E-state index in [4.69, 9.17) is 9.84 Å². The Kier molecular flexibility index (Phi) is 3.47. The fraction of sp³-hybridized carbons (Fsp3) is 0.0625. The quantitative estimate of drug-likeness (QED) is 0.795. The molecule has 0 fully saturated rings. The van der Waals surface area contributed by atoms with Crippen molar-refractivity contribution in [3.63, 3.8) is 0 Å². The van der Waals surface area contributed by atoms with Crippen LogP contribution in [0.4, 0.5) is 0 Å². The van der Waals surface area contributed by atoms with Gasteiger partial charge in [0.2, 0.25) is 0 Å². The van der Waals surface area contributed by atoms with Crippen LogP contribution in [-0.4, -0.2) is 21.0 Å². The fourth-order valence-electron chi connectivity index (χ4n) is 2.05. The van der Waals surface area contributed by atoms with Crippen LogP contribution >= 0.6 is 0 Å². The maximum atomic E-state index is 11.1. The first-order valence-corrected chi connectivity index (χ1v) is 6.38. The lowest BCUT2D eigenvalue weighted by atomic mass is 10.1. The number of pyridine rings is 2. The third kappa shape index (κ3) is 2.81. The maximum Gasteiger partial charge on any atom is 0.339 e. The molecule has 0 aliphatic rings. The normalized spacial score (nSPS) is 10.5. The van der Waals surface area contributed by atoms with E-state index >= 15 is 0 Å². The summed E-state index contributed by atoms with van der Waals surface area (Å²) in [6.07, 6.45) is 4.58. The van der Waals surface area contributed by atoms with E-state index in [1.165, 1.54) is 18.5 Å². The van der Waals surface area contributed by atoms with Crippen LogP contribution in [0.3, 0.4) is 0 Å². The Hall–Kier alpha value is -2.95. The number of ether oxygens (including phenoxy) is 1. The molecule has 2 heterocycles. The first kappa shape index (κ1) is 13.1. The second-order valence-corrected chi connectivity index (χ2v) is 4.50. The molecule has 0 radical (unpaired) electrons. The number of fused-ring (bicyclic) bond motifs is 1. The molecule has 104 valence electrons. The molecule has 0 aliphatic carbocycles. The molecule has 3 rings (SSSR count). The van der Waals surface area contributed by atoms with Crippen molar-refractivity contribution < 1.29 is 14.6 Å². The largest absolute Gasteiger partial charge is 0.486 e. The molecule has 0 aliphatic heterocycles. The van der Waals surface area contributed by atoms with Crippen LogP contribution in [0.15, 0.2) is 55.0 Å². The molecule has 0 spiro atoms. The van der Waals surface area contributed by atoms with Gasteiger partial charge in [0, 0.05) is 17.8 Å². The van der Waals surface area contributed by atoms with Gasteiger partial charge in [-0.1, -0.05) is 12.1 Å².